The number of hydrogen-bond acceptors (Lipinski definition) is 3. The fraction of sp³-hybridized carbons (Fsp3) is 0.562. The van der Waals surface area contributed by atoms with Crippen LogP contribution in [0.1, 0.15) is 24.8 Å². The van der Waals surface area contributed by atoms with Gasteiger partial charge in [-0.15, -0.1) is 24.2 Å². The molecule has 0 radical (unpaired) electrons. The van der Waals surface area contributed by atoms with Crippen molar-refractivity contribution in [1.82, 2.24) is 10.6 Å². The van der Waals surface area contributed by atoms with Gasteiger partial charge in [0, 0.05) is 17.3 Å². The van der Waals surface area contributed by atoms with Crippen LogP contribution in [0.25, 0.3) is 0 Å². The van der Waals surface area contributed by atoms with Crippen molar-refractivity contribution in [3.8, 4) is 0 Å². The lowest BCUT2D eigenvalue weighted by Gasteiger charge is -2.22. The van der Waals surface area contributed by atoms with Crippen LogP contribution >= 0.6 is 35.8 Å². The molecule has 2 N–H and O–H groups in total. The molecule has 1 heterocycles. The average Bonchev–Trinajstić information content (AvgIpc) is 2.50. The number of carbonyl (C=O) groups excluding carboxylic acids is 1. The van der Waals surface area contributed by atoms with Crippen molar-refractivity contribution >= 4 is 41.7 Å². The molecule has 1 amide bonds. The monoisotopic (exact) mass is 362 g/mol. The van der Waals surface area contributed by atoms with Gasteiger partial charge in [0.05, 0.1) is 5.75 Å². The Morgan fingerprint density at radius 2 is 2.14 bits per heavy atom. The second-order valence-electron chi connectivity index (χ2n) is 5.47. The maximum absolute atomic E-state index is 11.8. The van der Waals surface area contributed by atoms with E-state index in [-0.39, 0.29) is 18.3 Å². The molecule has 124 valence electrons. The first-order chi connectivity index (χ1) is 10.2. The third kappa shape index (κ3) is 7.73. The van der Waals surface area contributed by atoms with Crippen LogP contribution < -0.4 is 10.6 Å². The Morgan fingerprint density at radius 3 is 2.82 bits per heavy atom. The summed E-state index contributed by atoms with van der Waals surface area (Å²) in [5.74, 6) is 2.22. The molecule has 1 aromatic carbocycles. The maximum atomic E-state index is 11.8. The van der Waals surface area contributed by atoms with Crippen LogP contribution in [0, 0.1) is 5.92 Å². The minimum Gasteiger partial charge on any atom is -0.355 e. The predicted molar refractivity (Wildman–Crippen MR) is 98.1 cm³/mol. The smallest absolute Gasteiger partial charge is 0.230 e. The van der Waals surface area contributed by atoms with Gasteiger partial charge in [-0.05, 0) is 56.0 Å². The SMILES string of the molecule is Cl.O=C(CSCc1ccc(Cl)cc1)NCCC1CCCNC1. The topological polar surface area (TPSA) is 41.1 Å². The second kappa shape index (κ2) is 11.2. The summed E-state index contributed by atoms with van der Waals surface area (Å²) in [6.07, 6.45) is 3.63. The Labute approximate surface area is 148 Å². The number of rotatable bonds is 7. The number of thioether (sulfide) groups is 1. The fourth-order valence-electron chi connectivity index (χ4n) is 2.48. The molecule has 0 saturated carbocycles. The minimum absolute atomic E-state index is 0. The number of nitrogens with one attached hydrogen (secondary N) is 2. The molecule has 1 aliphatic heterocycles. The fourth-order valence-corrected chi connectivity index (χ4v) is 3.42. The highest BCUT2D eigenvalue weighted by Gasteiger charge is 2.12. The lowest BCUT2D eigenvalue weighted by Crippen LogP contribution is -2.33. The second-order valence-corrected chi connectivity index (χ2v) is 6.89. The summed E-state index contributed by atoms with van der Waals surface area (Å²) in [5.41, 5.74) is 1.20. The molecule has 1 aromatic rings. The highest BCUT2D eigenvalue weighted by atomic mass is 35.5. The van der Waals surface area contributed by atoms with Gasteiger partial charge in [0.25, 0.3) is 0 Å². The molecule has 0 bridgehead atoms. The molecular formula is C16H24Cl2N2OS. The molecule has 1 aliphatic rings. The molecule has 0 aromatic heterocycles. The first-order valence-electron chi connectivity index (χ1n) is 7.53. The quantitative estimate of drug-likeness (QED) is 0.779. The molecular weight excluding hydrogens is 339 g/mol. The maximum Gasteiger partial charge on any atom is 0.230 e. The molecule has 1 atom stereocenters. The molecule has 1 saturated heterocycles. The largest absolute Gasteiger partial charge is 0.355 e. The minimum atomic E-state index is 0. The van der Waals surface area contributed by atoms with Gasteiger partial charge in [0.15, 0.2) is 0 Å². The molecule has 0 aliphatic carbocycles. The zero-order valence-corrected chi connectivity index (χ0v) is 15.0. The third-order valence-electron chi connectivity index (χ3n) is 3.69. The van der Waals surface area contributed by atoms with Gasteiger partial charge in [-0.2, -0.15) is 0 Å². The Morgan fingerprint density at radius 1 is 1.36 bits per heavy atom. The van der Waals surface area contributed by atoms with E-state index < -0.39 is 0 Å². The van der Waals surface area contributed by atoms with Gasteiger partial charge in [-0.1, -0.05) is 23.7 Å². The first-order valence-corrected chi connectivity index (χ1v) is 9.07. The van der Waals surface area contributed by atoms with Gasteiger partial charge >= 0.3 is 0 Å². The van der Waals surface area contributed by atoms with Crippen LogP contribution in [0.4, 0.5) is 0 Å². The van der Waals surface area contributed by atoms with Gasteiger partial charge < -0.3 is 10.6 Å². The van der Waals surface area contributed by atoms with E-state index in [0.717, 1.165) is 42.7 Å². The van der Waals surface area contributed by atoms with Crippen molar-refractivity contribution in [2.45, 2.75) is 25.0 Å². The number of carbonyl (C=O) groups is 1. The van der Waals surface area contributed by atoms with E-state index in [1.165, 1.54) is 18.4 Å². The van der Waals surface area contributed by atoms with Crippen molar-refractivity contribution in [2.24, 2.45) is 5.92 Å². The van der Waals surface area contributed by atoms with E-state index in [1.54, 1.807) is 11.8 Å². The number of hydrogen-bond donors (Lipinski definition) is 2. The van der Waals surface area contributed by atoms with Crippen LogP contribution in [-0.4, -0.2) is 31.3 Å². The molecule has 2 rings (SSSR count). The standard InChI is InChI=1S/C16H23ClN2OS.ClH/c17-15-5-3-14(4-6-15)11-21-12-16(20)19-9-7-13-2-1-8-18-10-13;/h3-6,13,18H,1-2,7-12H2,(H,19,20);1H. The van der Waals surface area contributed by atoms with E-state index >= 15 is 0 Å². The molecule has 3 nitrogen and oxygen atoms in total. The Kier molecular flexibility index (Phi) is 9.96. The summed E-state index contributed by atoms with van der Waals surface area (Å²) in [4.78, 5) is 11.8. The van der Waals surface area contributed by atoms with Crippen molar-refractivity contribution in [2.75, 3.05) is 25.4 Å². The van der Waals surface area contributed by atoms with E-state index in [2.05, 4.69) is 10.6 Å². The van der Waals surface area contributed by atoms with E-state index in [1.807, 2.05) is 24.3 Å². The van der Waals surface area contributed by atoms with Crippen LogP contribution in [0.2, 0.25) is 5.02 Å². The average molecular weight is 363 g/mol. The highest BCUT2D eigenvalue weighted by molar-refractivity contribution is 7.99. The Hall–Kier alpha value is -0.420. The lowest BCUT2D eigenvalue weighted by molar-refractivity contribution is -0.118. The number of halogens is 2. The number of amides is 1. The summed E-state index contributed by atoms with van der Waals surface area (Å²) in [6, 6.07) is 7.78. The van der Waals surface area contributed by atoms with Crippen LogP contribution in [0.15, 0.2) is 24.3 Å². The molecule has 6 heteroatoms. The molecule has 0 spiro atoms. The summed E-state index contributed by atoms with van der Waals surface area (Å²) < 4.78 is 0. The van der Waals surface area contributed by atoms with Crippen molar-refractivity contribution in [3.63, 3.8) is 0 Å². The zero-order chi connectivity index (χ0) is 14.9. The van der Waals surface area contributed by atoms with Crippen LogP contribution in [-0.2, 0) is 10.5 Å². The van der Waals surface area contributed by atoms with Crippen molar-refractivity contribution in [3.05, 3.63) is 34.9 Å². The summed E-state index contributed by atoms with van der Waals surface area (Å²) >= 11 is 7.48. The van der Waals surface area contributed by atoms with Crippen molar-refractivity contribution in [1.29, 1.82) is 0 Å². The highest BCUT2D eigenvalue weighted by Crippen LogP contribution is 2.15. The summed E-state index contributed by atoms with van der Waals surface area (Å²) in [7, 11) is 0. The molecule has 1 fully saturated rings. The summed E-state index contributed by atoms with van der Waals surface area (Å²) in [6.45, 7) is 3.04. The molecule has 1 unspecified atom stereocenters. The Balaban J connectivity index is 0.00000242. The van der Waals surface area contributed by atoms with Gasteiger partial charge in [0.2, 0.25) is 5.91 Å². The summed E-state index contributed by atoms with van der Waals surface area (Å²) in [5, 5.41) is 7.17. The third-order valence-corrected chi connectivity index (χ3v) is 4.94. The normalized spacial score (nSPS) is 17.6. The van der Waals surface area contributed by atoms with Crippen molar-refractivity contribution < 1.29 is 4.79 Å². The van der Waals surface area contributed by atoms with Crippen LogP contribution in [0.3, 0.4) is 0 Å². The van der Waals surface area contributed by atoms with E-state index in [9.17, 15) is 4.79 Å². The van der Waals surface area contributed by atoms with E-state index in [4.69, 9.17) is 11.6 Å². The number of benzene rings is 1. The van der Waals surface area contributed by atoms with Gasteiger partial charge in [-0.3, -0.25) is 4.79 Å². The zero-order valence-electron chi connectivity index (χ0n) is 12.6. The molecule has 22 heavy (non-hydrogen) atoms. The lowest BCUT2D eigenvalue weighted by atomic mass is 9.96. The predicted octanol–water partition coefficient (Wildman–Crippen LogP) is 3.50. The van der Waals surface area contributed by atoms with Gasteiger partial charge in [0.1, 0.15) is 0 Å². The van der Waals surface area contributed by atoms with Crippen LogP contribution in [0.5, 0.6) is 0 Å². The first kappa shape index (κ1) is 19.6. The number of piperidine rings is 1. The van der Waals surface area contributed by atoms with E-state index in [0.29, 0.717) is 5.75 Å². The Bertz CT molecular complexity index is 436. The van der Waals surface area contributed by atoms with Gasteiger partial charge in [-0.25, -0.2) is 0 Å².